The molecule has 0 rings (SSSR count). The van der Waals surface area contributed by atoms with E-state index >= 15 is 0 Å². The number of carbonyl (C=O) groups is 2. The quantitative estimate of drug-likeness (QED) is 0.224. The van der Waals surface area contributed by atoms with E-state index < -0.39 is 19.3 Å². The monoisotopic (exact) mass is 198 g/mol. The first-order valence-corrected chi connectivity index (χ1v) is 1.86. The summed E-state index contributed by atoms with van der Waals surface area (Å²) in [5.74, 6) is -4.01. The van der Waals surface area contributed by atoms with Crippen molar-refractivity contribution in [1.82, 2.24) is 0 Å². The zero-order valence-corrected chi connectivity index (χ0v) is 6.41. The summed E-state index contributed by atoms with van der Waals surface area (Å²) in [5, 5.41) is 37.8. The molecule has 0 aromatic rings. The average Bonchev–Trinajstić information content (AvgIpc) is 1.63. The molecule has 0 atom stereocenters. The third kappa shape index (κ3) is 88.6. The molecule has 0 aliphatic rings. The molecule has 0 fully saturated rings. The van der Waals surface area contributed by atoms with Crippen molar-refractivity contribution in [1.29, 1.82) is 0 Å². The van der Waals surface area contributed by atoms with Gasteiger partial charge in [0.05, 0.1) is 0 Å². The SMILES string of the molecule is F.F.O=C([O-])C(=O)O.OB(O)O.[Li+]. The molecule has 0 bridgehead atoms. The second kappa shape index (κ2) is 17.4. The van der Waals surface area contributed by atoms with Gasteiger partial charge < -0.3 is 30.1 Å². The molecule has 0 aromatic heterocycles. The first kappa shape index (κ1) is 29.5. The third-order valence-electron chi connectivity index (χ3n) is 0.175. The second-order valence-electron chi connectivity index (χ2n) is 0.939. The molecule has 0 aromatic carbocycles. The van der Waals surface area contributed by atoms with Crippen molar-refractivity contribution in [2.45, 2.75) is 0 Å². The van der Waals surface area contributed by atoms with Gasteiger partial charge in [-0.3, -0.25) is 9.41 Å². The van der Waals surface area contributed by atoms with Crippen LogP contribution in [0.2, 0.25) is 0 Å². The molecule has 13 heavy (non-hydrogen) atoms. The van der Waals surface area contributed by atoms with Gasteiger partial charge in [-0.2, -0.15) is 0 Å². The maximum Gasteiger partial charge on any atom is 1.00 e. The standard InChI is InChI=1S/C2H2O4.BH3O3.2FH.Li/c3-1(4)2(5)6;2-1(3)4;;;/h(H,3,4)(H,5,6);2-4H;2*1H;/q;;;;+1/p-1. The van der Waals surface area contributed by atoms with E-state index in [4.69, 9.17) is 34.9 Å². The van der Waals surface area contributed by atoms with Gasteiger partial charge in [-0.1, -0.05) is 0 Å². The molecule has 0 aliphatic heterocycles. The molecule has 11 heteroatoms. The first-order chi connectivity index (χ1) is 4.37. The Hall–Kier alpha value is -0.658. The van der Waals surface area contributed by atoms with E-state index in [1.54, 1.807) is 0 Å². The van der Waals surface area contributed by atoms with Crippen molar-refractivity contribution in [2.75, 3.05) is 0 Å². The minimum atomic E-state index is -2.17. The van der Waals surface area contributed by atoms with Crippen molar-refractivity contribution in [3.05, 3.63) is 0 Å². The maximum atomic E-state index is 9.04. The fraction of sp³-hybridized carbons (Fsp3) is 0. The minimum Gasteiger partial charge on any atom is -0.539 e. The van der Waals surface area contributed by atoms with E-state index in [0.717, 1.165) is 0 Å². The van der Waals surface area contributed by atoms with Gasteiger partial charge >= 0.3 is 32.2 Å². The Morgan fingerprint density at radius 3 is 1.15 bits per heavy atom. The summed E-state index contributed by atoms with van der Waals surface area (Å²) in [6, 6.07) is 0. The van der Waals surface area contributed by atoms with Gasteiger partial charge in [-0.05, 0) is 0 Å². The van der Waals surface area contributed by atoms with Crippen LogP contribution in [0.4, 0.5) is 9.41 Å². The molecule has 0 heterocycles. The summed E-state index contributed by atoms with van der Waals surface area (Å²) < 4.78 is 0. The van der Waals surface area contributed by atoms with Crippen molar-refractivity contribution in [2.24, 2.45) is 0 Å². The van der Waals surface area contributed by atoms with Crippen LogP contribution in [0.3, 0.4) is 0 Å². The number of aliphatic carboxylic acids is 2. The van der Waals surface area contributed by atoms with E-state index in [0.29, 0.717) is 0 Å². The average molecular weight is 198 g/mol. The van der Waals surface area contributed by atoms with E-state index in [1.165, 1.54) is 0 Å². The van der Waals surface area contributed by atoms with Gasteiger partial charge in [-0.25, -0.2) is 4.79 Å². The number of carbonyl (C=O) groups excluding carboxylic acids is 1. The molecule has 0 spiro atoms. The molecule has 7 nitrogen and oxygen atoms in total. The topological polar surface area (TPSA) is 138 Å². The molecule has 0 radical (unpaired) electrons. The van der Waals surface area contributed by atoms with Crippen molar-refractivity contribution >= 4 is 19.3 Å². The Morgan fingerprint density at radius 1 is 1.08 bits per heavy atom. The summed E-state index contributed by atoms with van der Waals surface area (Å²) in [6.07, 6.45) is 0. The van der Waals surface area contributed by atoms with E-state index in [9.17, 15) is 0 Å². The Balaban J connectivity index is -0.0000000279. The van der Waals surface area contributed by atoms with Crippen LogP contribution < -0.4 is 24.0 Å². The van der Waals surface area contributed by atoms with Crippen LogP contribution in [-0.4, -0.2) is 39.4 Å². The fourth-order valence-corrected chi connectivity index (χ4v) is 0. The van der Waals surface area contributed by atoms with Gasteiger partial charge in [0.15, 0.2) is 5.97 Å². The Kier molecular flexibility index (Phi) is 39.5. The summed E-state index contributed by atoms with van der Waals surface area (Å²) in [5.41, 5.74) is 0. The van der Waals surface area contributed by atoms with Crippen molar-refractivity contribution in [3.63, 3.8) is 0 Å². The predicted octanol–water partition coefficient (Wildman–Crippen LogP) is -6.92. The zero-order chi connectivity index (χ0) is 8.73. The number of carboxylic acid groups (broad SMARTS) is 2. The molecule has 74 valence electrons. The Morgan fingerprint density at radius 2 is 1.15 bits per heavy atom. The van der Waals surface area contributed by atoms with Crippen LogP contribution in [0.1, 0.15) is 0 Å². The largest absolute Gasteiger partial charge is 1.00 e. The van der Waals surface area contributed by atoms with Crippen LogP contribution in [-0.2, 0) is 9.59 Å². The number of rotatable bonds is 0. The van der Waals surface area contributed by atoms with Gasteiger partial charge in [0.25, 0.3) is 0 Å². The summed E-state index contributed by atoms with van der Waals surface area (Å²) in [7, 11) is -2.17. The summed E-state index contributed by atoms with van der Waals surface area (Å²) in [6.45, 7) is 0. The van der Waals surface area contributed by atoms with E-state index in [2.05, 4.69) is 0 Å². The third-order valence-corrected chi connectivity index (χ3v) is 0.175. The van der Waals surface area contributed by atoms with Gasteiger partial charge in [-0.15, -0.1) is 0 Å². The molecule has 0 saturated carbocycles. The fourth-order valence-electron chi connectivity index (χ4n) is 0. The molecule has 0 saturated heterocycles. The van der Waals surface area contributed by atoms with Crippen LogP contribution in [0, 0.1) is 0 Å². The van der Waals surface area contributed by atoms with Crippen molar-refractivity contribution in [3.8, 4) is 0 Å². The summed E-state index contributed by atoms with van der Waals surface area (Å²) >= 11 is 0. The maximum absolute atomic E-state index is 9.04. The molecule has 0 unspecified atom stereocenters. The van der Waals surface area contributed by atoms with Crippen LogP contribution in [0.5, 0.6) is 0 Å². The Bertz CT molecular complexity index is 117. The first-order valence-electron chi connectivity index (χ1n) is 1.86. The molecular weight excluding hydrogens is 192 g/mol. The van der Waals surface area contributed by atoms with Gasteiger partial charge in [0.2, 0.25) is 0 Å². The van der Waals surface area contributed by atoms with E-state index in [1.807, 2.05) is 0 Å². The minimum absolute atomic E-state index is 0. The van der Waals surface area contributed by atoms with Crippen molar-refractivity contribution < 1.29 is 63.1 Å². The van der Waals surface area contributed by atoms with Gasteiger partial charge in [0, 0.05) is 0 Å². The summed E-state index contributed by atoms with van der Waals surface area (Å²) in [4.78, 5) is 18.0. The van der Waals surface area contributed by atoms with Crippen LogP contribution in [0.15, 0.2) is 0 Å². The normalized spacial score (nSPS) is 5.46. The molecule has 0 amide bonds. The van der Waals surface area contributed by atoms with Gasteiger partial charge in [0.1, 0.15) is 0 Å². The zero-order valence-electron chi connectivity index (χ0n) is 6.41. The molecule has 0 aliphatic carbocycles. The molecule has 4 N–H and O–H groups in total. The smallest absolute Gasteiger partial charge is 0.539 e. The number of hydrogen-bond donors (Lipinski definition) is 4. The van der Waals surface area contributed by atoms with E-state index in [-0.39, 0.29) is 28.3 Å². The number of halogens is 2. The Labute approximate surface area is 83.1 Å². The predicted molar refractivity (Wildman–Crippen MR) is 30.1 cm³/mol. The second-order valence-corrected chi connectivity index (χ2v) is 0.939. The molecular formula is C2H6BF2LiO7. The number of hydrogen-bond acceptors (Lipinski definition) is 6. The number of carboxylic acids is 2. The van der Waals surface area contributed by atoms with Crippen LogP contribution in [0.25, 0.3) is 0 Å². The van der Waals surface area contributed by atoms with Crippen LogP contribution >= 0.6 is 0 Å².